The SMILES string of the molecule is CCCc1[nH]nc(C(=O)NCc2ncc[nH]2)c1N. The minimum Gasteiger partial charge on any atom is -0.395 e. The first-order valence-electron chi connectivity index (χ1n) is 5.81. The molecule has 2 heterocycles. The molecule has 96 valence electrons. The van der Waals surface area contributed by atoms with Gasteiger partial charge < -0.3 is 16.0 Å². The maximum absolute atomic E-state index is 11.9. The number of anilines is 1. The molecule has 18 heavy (non-hydrogen) atoms. The first-order valence-corrected chi connectivity index (χ1v) is 5.81. The van der Waals surface area contributed by atoms with Crippen molar-refractivity contribution in [3.8, 4) is 0 Å². The Morgan fingerprint density at radius 3 is 3.06 bits per heavy atom. The quantitative estimate of drug-likeness (QED) is 0.620. The summed E-state index contributed by atoms with van der Waals surface area (Å²) in [4.78, 5) is 18.8. The van der Waals surface area contributed by atoms with Gasteiger partial charge in [-0.05, 0) is 6.42 Å². The van der Waals surface area contributed by atoms with E-state index >= 15 is 0 Å². The van der Waals surface area contributed by atoms with Crippen molar-refractivity contribution in [2.45, 2.75) is 26.3 Å². The Hall–Kier alpha value is -2.31. The number of carbonyl (C=O) groups excluding carboxylic acids is 1. The maximum atomic E-state index is 11.9. The molecule has 2 aromatic heterocycles. The van der Waals surface area contributed by atoms with Gasteiger partial charge in [-0.15, -0.1) is 0 Å². The zero-order chi connectivity index (χ0) is 13.0. The van der Waals surface area contributed by atoms with Crippen LogP contribution in [0.5, 0.6) is 0 Å². The van der Waals surface area contributed by atoms with Crippen LogP contribution < -0.4 is 11.1 Å². The number of rotatable bonds is 5. The summed E-state index contributed by atoms with van der Waals surface area (Å²) >= 11 is 0. The predicted molar refractivity (Wildman–Crippen MR) is 66.8 cm³/mol. The number of H-pyrrole nitrogens is 2. The van der Waals surface area contributed by atoms with E-state index in [0.717, 1.165) is 18.5 Å². The molecule has 0 spiro atoms. The van der Waals surface area contributed by atoms with Gasteiger partial charge in [-0.1, -0.05) is 13.3 Å². The molecule has 2 aromatic rings. The molecule has 0 fully saturated rings. The monoisotopic (exact) mass is 248 g/mol. The van der Waals surface area contributed by atoms with E-state index in [0.29, 0.717) is 18.1 Å². The van der Waals surface area contributed by atoms with Crippen LogP contribution in [-0.4, -0.2) is 26.1 Å². The molecule has 7 nitrogen and oxygen atoms in total. The summed E-state index contributed by atoms with van der Waals surface area (Å²) in [5.74, 6) is 0.383. The van der Waals surface area contributed by atoms with Crippen LogP contribution >= 0.6 is 0 Å². The first-order chi connectivity index (χ1) is 8.72. The highest BCUT2D eigenvalue weighted by Gasteiger charge is 2.16. The molecule has 0 saturated carbocycles. The average molecular weight is 248 g/mol. The fourth-order valence-corrected chi connectivity index (χ4v) is 1.64. The van der Waals surface area contributed by atoms with E-state index in [1.54, 1.807) is 12.4 Å². The summed E-state index contributed by atoms with van der Waals surface area (Å²) in [5, 5.41) is 9.43. The summed E-state index contributed by atoms with van der Waals surface area (Å²) in [7, 11) is 0. The molecule has 0 aliphatic carbocycles. The number of aromatic nitrogens is 4. The number of nitrogen functional groups attached to an aromatic ring is 1. The topological polar surface area (TPSA) is 112 Å². The number of hydrogen-bond acceptors (Lipinski definition) is 4. The largest absolute Gasteiger partial charge is 0.395 e. The van der Waals surface area contributed by atoms with Crippen LogP contribution in [0.2, 0.25) is 0 Å². The van der Waals surface area contributed by atoms with Crippen LogP contribution in [0.3, 0.4) is 0 Å². The second kappa shape index (κ2) is 5.35. The lowest BCUT2D eigenvalue weighted by molar-refractivity contribution is 0.0946. The number of hydrogen-bond donors (Lipinski definition) is 4. The first kappa shape index (κ1) is 12.2. The minimum atomic E-state index is -0.303. The van der Waals surface area contributed by atoms with E-state index in [4.69, 9.17) is 5.73 Å². The van der Waals surface area contributed by atoms with Gasteiger partial charge in [0.2, 0.25) is 0 Å². The minimum absolute atomic E-state index is 0.241. The van der Waals surface area contributed by atoms with Gasteiger partial charge in [0, 0.05) is 12.4 Å². The van der Waals surface area contributed by atoms with Gasteiger partial charge in [-0.25, -0.2) is 4.98 Å². The summed E-state index contributed by atoms with van der Waals surface area (Å²) in [6, 6.07) is 0. The Bertz CT molecular complexity index is 516. The van der Waals surface area contributed by atoms with E-state index in [1.165, 1.54) is 0 Å². The van der Waals surface area contributed by atoms with Gasteiger partial charge in [0.1, 0.15) is 5.82 Å². The van der Waals surface area contributed by atoms with Crippen molar-refractivity contribution in [3.05, 3.63) is 29.6 Å². The van der Waals surface area contributed by atoms with E-state index in [9.17, 15) is 4.79 Å². The number of aryl methyl sites for hydroxylation is 1. The molecule has 0 radical (unpaired) electrons. The van der Waals surface area contributed by atoms with Crippen LogP contribution in [0, 0.1) is 0 Å². The third-order valence-corrected chi connectivity index (χ3v) is 2.57. The van der Waals surface area contributed by atoms with Crippen molar-refractivity contribution in [3.63, 3.8) is 0 Å². The Kier molecular flexibility index (Phi) is 3.61. The van der Waals surface area contributed by atoms with Crippen LogP contribution in [0.15, 0.2) is 12.4 Å². The zero-order valence-corrected chi connectivity index (χ0v) is 10.2. The van der Waals surface area contributed by atoms with Gasteiger partial charge >= 0.3 is 0 Å². The van der Waals surface area contributed by atoms with Crippen LogP contribution in [0.1, 0.15) is 35.4 Å². The van der Waals surface area contributed by atoms with Crippen LogP contribution in [-0.2, 0) is 13.0 Å². The van der Waals surface area contributed by atoms with Crippen molar-refractivity contribution >= 4 is 11.6 Å². The summed E-state index contributed by atoms with van der Waals surface area (Å²) in [6.07, 6.45) is 5.05. The Labute approximate surface area is 104 Å². The van der Waals surface area contributed by atoms with E-state index < -0.39 is 0 Å². The average Bonchev–Trinajstić information content (AvgIpc) is 2.98. The second-order valence-corrected chi connectivity index (χ2v) is 3.93. The lowest BCUT2D eigenvalue weighted by Crippen LogP contribution is -2.24. The fraction of sp³-hybridized carbons (Fsp3) is 0.364. The van der Waals surface area contributed by atoms with Crippen LogP contribution in [0.25, 0.3) is 0 Å². The highest BCUT2D eigenvalue weighted by molar-refractivity contribution is 5.97. The smallest absolute Gasteiger partial charge is 0.274 e. The predicted octanol–water partition coefficient (Wildman–Crippen LogP) is 0.597. The van der Waals surface area contributed by atoms with Crippen molar-refractivity contribution in [1.82, 2.24) is 25.5 Å². The van der Waals surface area contributed by atoms with Gasteiger partial charge in [0.05, 0.1) is 17.9 Å². The Morgan fingerprint density at radius 1 is 1.56 bits per heavy atom. The highest BCUT2D eigenvalue weighted by Crippen LogP contribution is 2.15. The van der Waals surface area contributed by atoms with E-state index in [-0.39, 0.29) is 11.6 Å². The molecule has 0 saturated heterocycles. The lowest BCUT2D eigenvalue weighted by atomic mass is 10.2. The number of aromatic amines is 2. The molecule has 5 N–H and O–H groups in total. The molecular formula is C11H16N6O. The summed E-state index contributed by atoms with van der Waals surface area (Å²) in [6.45, 7) is 2.36. The number of nitrogens with two attached hydrogens (primary N) is 1. The van der Waals surface area contributed by atoms with Crippen molar-refractivity contribution in [2.75, 3.05) is 5.73 Å². The molecule has 7 heteroatoms. The number of carbonyl (C=O) groups is 1. The Balaban J connectivity index is 2.00. The molecule has 0 aliphatic heterocycles. The molecule has 0 unspecified atom stereocenters. The molecule has 0 aromatic carbocycles. The number of amides is 1. The third-order valence-electron chi connectivity index (χ3n) is 2.57. The zero-order valence-electron chi connectivity index (χ0n) is 10.2. The third kappa shape index (κ3) is 2.50. The number of nitrogens with one attached hydrogen (secondary N) is 3. The molecule has 0 atom stereocenters. The highest BCUT2D eigenvalue weighted by atomic mass is 16.1. The molecule has 2 rings (SSSR count). The molecule has 0 bridgehead atoms. The molecule has 1 amide bonds. The molecule has 0 aliphatic rings. The van der Waals surface area contributed by atoms with Gasteiger partial charge in [0.25, 0.3) is 5.91 Å². The van der Waals surface area contributed by atoms with E-state index in [1.807, 2.05) is 6.92 Å². The summed E-state index contributed by atoms with van der Waals surface area (Å²) in [5.41, 5.74) is 7.33. The van der Waals surface area contributed by atoms with Crippen molar-refractivity contribution in [2.24, 2.45) is 0 Å². The van der Waals surface area contributed by atoms with Crippen molar-refractivity contribution < 1.29 is 4.79 Å². The van der Waals surface area contributed by atoms with Gasteiger partial charge in [0.15, 0.2) is 5.69 Å². The number of nitrogens with zero attached hydrogens (tertiary/aromatic N) is 2. The van der Waals surface area contributed by atoms with Gasteiger partial charge in [-0.3, -0.25) is 9.89 Å². The number of imidazole rings is 1. The van der Waals surface area contributed by atoms with Gasteiger partial charge in [-0.2, -0.15) is 5.10 Å². The van der Waals surface area contributed by atoms with Crippen molar-refractivity contribution in [1.29, 1.82) is 0 Å². The standard InChI is InChI=1S/C11H16N6O/c1-2-3-7-9(12)10(17-16-7)11(18)15-6-8-13-4-5-14-8/h4-5H,2-3,6,12H2,1H3,(H,13,14)(H,15,18)(H,16,17). The van der Waals surface area contributed by atoms with Crippen LogP contribution in [0.4, 0.5) is 5.69 Å². The summed E-state index contributed by atoms with van der Waals surface area (Å²) < 4.78 is 0. The fourth-order valence-electron chi connectivity index (χ4n) is 1.64. The maximum Gasteiger partial charge on any atom is 0.274 e. The van der Waals surface area contributed by atoms with E-state index in [2.05, 4.69) is 25.5 Å². The Morgan fingerprint density at radius 2 is 2.39 bits per heavy atom. The second-order valence-electron chi connectivity index (χ2n) is 3.93. The molecular weight excluding hydrogens is 232 g/mol. The lowest BCUT2D eigenvalue weighted by Gasteiger charge is -2.01. The normalized spacial score (nSPS) is 10.5.